The first-order valence-corrected chi connectivity index (χ1v) is 8.04. The first-order valence-electron chi connectivity index (χ1n) is 7.22. The molecule has 0 aliphatic carbocycles. The summed E-state index contributed by atoms with van der Waals surface area (Å²) in [4.78, 5) is 1.51. The molecule has 1 N–H and O–H groups in total. The van der Waals surface area contributed by atoms with Crippen LogP contribution in [0.4, 0.5) is 0 Å². The molecule has 0 aliphatic heterocycles. The van der Waals surface area contributed by atoms with Crippen LogP contribution in [0.25, 0.3) is 10.1 Å². The van der Waals surface area contributed by atoms with Crippen LogP contribution >= 0.6 is 11.3 Å². The number of hydrogen-bond donors (Lipinski definition) is 1. The lowest BCUT2D eigenvalue weighted by Gasteiger charge is -2.19. The van der Waals surface area contributed by atoms with E-state index < -0.39 is 0 Å². The molecule has 0 saturated carbocycles. The molecule has 19 heavy (non-hydrogen) atoms. The second-order valence-electron chi connectivity index (χ2n) is 6.10. The summed E-state index contributed by atoms with van der Waals surface area (Å²) in [6.45, 7) is 13.3. The Bertz CT molecular complexity index is 560. The SMILES string of the molecule is CCNCc1sc2ccc(C(C)(C)C)cc2c1CC. The Morgan fingerprint density at radius 2 is 1.89 bits per heavy atom. The predicted octanol–water partition coefficient (Wildman–Crippen LogP) is 4.87. The lowest BCUT2D eigenvalue weighted by atomic mass is 9.86. The Kier molecular flexibility index (Phi) is 4.32. The van der Waals surface area contributed by atoms with E-state index in [9.17, 15) is 0 Å². The molecule has 1 nitrogen and oxygen atoms in total. The highest BCUT2D eigenvalue weighted by atomic mass is 32.1. The van der Waals surface area contributed by atoms with Crippen molar-refractivity contribution in [2.45, 2.75) is 53.0 Å². The van der Waals surface area contributed by atoms with Gasteiger partial charge in [-0.25, -0.2) is 0 Å². The van der Waals surface area contributed by atoms with E-state index in [2.05, 4.69) is 58.1 Å². The maximum atomic E-state index is 3.46. The smallest absolute Gasteiger partial charge is 0.0349 e. The van der Waals surface area contributed by atoms with Gasteiger partial charge >= 0.3 is 0 Å². The van der Waals surface area contributed by atoms with Crippen LogP contribution in [0.3, 0.4) is 0 Å². The van der Waals surface area contributed by atoms with Crippen molar-refractivity contribution < 1.29 is 0 Å². The fraction of sp³-hybridized carbons (Fsp3) is 0.529. The van der Waals surface area contributed by atoms with Gasteiger partial charge in [0.2, 0.25) is 0 Å². The molecule has 1 aromatic carbocycles. The highest BCUT2D eigenvalue weighted by Crippen LogP contribution is 2.35. The minimum absolute atomic E-state index is 0.225. The summed E-state index contributed by atoms with van der Waals surface area (Å²) in [5.41, 5.74) is 3.19. The maximum absolute atomic E-state index is 3.46. The van der Waals surface area contributed by atoms with Crippen molar-refractivity contribution in [3.63, 3.8) is 0 Å². The van der Waals surface area contributed by atoms with Crippen molar-refractivity contribution in [1.82, 2.24) is 5.32 Å². The molecule has 0 aliphatic rings. The van der Waals surface area contributed by atoms with Gasteiger partial charge in [0.25, 0.3) is 0 Å². The van der Waals surface area contributed by atoms with Crippen molar-refractivity contribution in [1.29, 1.82) is 0 Å². The molecule has 0 fully saturated rings. The quantitative estimate of drug-likeness (QED) is 0.839. The number of hydrogen-bond acceptors (Lipinski definition) is 2. The fourth-order valence-electron chi connectivity index (χ4n) is 2.43. The molecule has 0 radical (unpaired) electrons. The Labute approximate surface area is 121 Å². The predicted molar refractivity (Wildman–Crippen MR) is 87.3 cm³/mol. The van der Waals surface area contributed by atoms with E-state index in [0.29, 0.717) is 0 Å². The van der Waals surface area contributed by atoms with Gasteiger partial charge < -0.3 is 5.32 Å². The molecule has 0 saturated heterocycles. The standard InChI is InChI=1S/C17H25NS/c1-6-13-14-10-12(17(3,4)5)8-9-15(14)19-16(13)11-18-7-2/h8-10,18H,6-7,11H2,1-5H3. The minimum Gasteiger partial charge on any atom is -0.312 e. The number of rotatable bonds is 4. The molecule has 1 aromatic heterocycles. The number of aryl methyl sites for hydroxylation is 1. The van der Waals surface area contributed by atoms with Gasteiger partial charge in [0, 0.05) is 16.1 Å². The van der Waals surface area contributed by atoms with Crippen LogP contribution in [0.2, 0.25) is 0 Å². The lowest BCUT2D eigenvalue weighted by molar-refractivity contribution is 0.591. The Balaban J connectivity index is 2.52. The summed E-state index contributed by atoms with van der Waals surface area (Å²) in [5.74, 6) is 0. The van der Waals surface area contributed by atoms with E-state index in [1.165, 1.54) is 26.1 Å². The summed E-state index contributed by atoms with van der Waals surface area (Å²) in [6, 6.07) is 6.99. The first-order chi connectivity index (χ1) is 8.97. The second kappa shape index (κ2) is 5.64. The highest BCUT2D eigenvalue weighted by molar-refractivity contribution is 7.19. The van der Waals surface area contributed by atoms with Gasteiger partial charge in [0.05, 0.1) is 0 Å². The average molecular weight is 275 g/mol. The van der Waals surface area contributed by atoms with E-state index in [0.717, 1.165) is 19.5 Å². The Morgan fingerprint density at radius 3 is 2.47 bits per heavy atom. The monoisotopic (exact) mass is 275 g/mol. The summed E-state index contributed by atoms with van der Waals surface area (Å²) in [5, 5.41) is 4.92. The Morgan fingerprint density at radius 1 is 1.16 bits per heavy atom. The van der Waals surface area contributed by atoms with E-state index in [1.807, 2.05) is 11.3 Å². The molecule has 0 amide bonds. The largest absolute Gasteiger partial charge is 0.312 e. The zero-order valence-corrected chi connectivity index (χ0v) is 13.6. The number of thiophene rings is 1. The van der Waals surface area contributed by atoms with Gasteiger partial charge in [-0.05, 0) is 47.0 Å². The summed E-state index contributed by atoms with van der Waals surface area (Å²) in [7, 11) is 0. The van der Waals surface area contributed by atoms with Crippen LogP contribution in [0.1, 0.15) is 50.6 Å². The minimum atomic E-state index is 0.225. The van der Waals surface area contributed by atoms with Crippen LogP contribution in [0.15, 0.2) is 18.2 Å². The number of fused-ring (bicyclic) bond motifs is 1. The molecule has 2 rings (SSSR count). The molecule has 0 unspecified atom stereocenters. The maximum Gasteiger partial charge on any atom is 0.0349 e. The van der Waals surface area contributed by atoms with Crippen molar-refractivity contribution in [2.24, 2.45) is 0 Å². The third-order valence-corrected chi connectivity index (χ3v) is 4.84. The third-order valence-electron chi connectivity index (χ3n) is 3.63. The van der Waals surface area contributed by atoms with Gasteiger partial charge in [-0.15, -0.1) is 11.3 Å². The van der Waals surface area contributed by atoms with Gasteiger partial charge in [0.15, 0.2) is 0 Å². The van der Waals surface area contributed by atoms with E-state index in [-0.39, 0.29) is 5.41 Å². The molecular weight excluding hydrogens is 250 g/mol. The van der Waals surface area contributed by atoms with Crippen molar-refractivity contribution >= 4 is 21.4 Å². The zero-order chi connectivity index (χ0) is 14.0. The van der Waals surface area contributed by atoms with Crippen LogP contribution in [-0.2, 0) is 18.4 Å². The van der Waals surface area contributed by atoms with E-state index in [4.69, 9.17) is 0 Å². The molecule has 0 bridgehead atoms. The summed E-state index contributed by atoms with van der Waals surface area (Å²) in [6.07, 6.45) is 1.12. The molecule has 1 heterocycles. The number of nitrogens with one attached hydrogen (secondary N) is 1. The topological polar surface area (TPSA) is 12.0 Å². The fourth-order valence-corrected chi connectivity index (χ4v) is 3.68. The summed E-state index contributed by atoms with van der Waals surface area (Å²) >= 11 is 1.95. The molecule has 2 heteroatoms. The van der Waals surface area contributed by atoms with Gasteiger partial charge in [0.1, 0.15) is 0 Å². The number of benzene rings is 1. The third kappa shape index (κ3) is 3.01. The zero-order valence-electron chi connectivity index (χ0n) is 12.8. The molecule has 2 aromatic rings. The molecule has 104 valence electrons. The molecular formula is C17H25NS. The van der Waals surface area contributed by atoms with Gasteiger partial charge in [-0.3, -0.25) is 0 Å². The van der Waals surface area contributed by atoms with E-state index in [1.54, 1.807) is 0 Å². The van der Waals surface area contributed by atoms with Crippen molar-refractivity contribution in [2.75, 3.05) is 6.54 Å². The lowest BCUT2D eigenvalue weighted by Crippen LogP contribution is -2.11. The van der Waals surface area contributed by atoms with Crippen LogP contribution < -0.4 is 5.32 Å². The van der Waals surface area contributed by atoms with E-state index >= 15 is 0 Å². The molecule has 0 spiro atoms. The normalized spacial score (nSPS) is 12.3. The van der Waals surface area contributed by atoms with Gasteiger partial charge in [-0.1, -0.05) is 40.7 Å². The second-order valence-corrected chi connectivity index (χ2v) is 7.24. The average Bonchev–Trinajstić information content (AvgIpc) is 2.71. The van der Waals surface area contributed by atoms with Crippen molar-refractivity contribution in [3.05, 3.63) is 34.2 Å². The molecule has 0 atom stereocenters. The van der Waals surface area contributed by atoms with Crippen LogP contribution in [0.5, 0.6) is 0 Å². The van der Waals surface area contributed by atoms with Crippen molar-refractivity contribution in [3.8, 4) is 0 Å². The first kappa shape index (κ1) is 14.5. The van der Waals surface area contributed by atoms with Crippen LogP contribution in [0, 0.1) is 0 Å². The van der Waals surface area contributed by atoms with Crippen LogP contribution in [-0.4, -0.2) is 6.54 Å². The highest BCUT2D eigenvalue weighted by Gasteiger charge is 2.16. The Hall–Kier alpha value is -0.860. The van der Waals surface area contributed by atoms with Gasteiger partial charge in [-0.2, -0.15) is 0 Å². The summed E-state index contributed by atoms with van der Waals surface area (Å²) < 4.78 is 1.43.